The first kappa shape index (κ1) is 22.9. The van der Waals surface area contributed by atoms with Crippen LogP contribution in [-0.4, -0.2) is 31.2 Å². The molecule has 2 saturated carbocycles. The first-order valence-electron chi connectivity index (χ1n) is 11.9. The fourth-order valence-corrected chi connectivity index (χ4v) is 5.44. The predicted molar refractivity (Wildman–Crippen MR) is 110 cm³/mol. The molecule has 0 aromatic heterocycles. The molecule has 0 bridgehead atoms. The molecule has 0 aromatic rings. The highest BCUT2D eigenvalue weighted by Crippen LogP contribution is 2.37. The van der Waals surface area contributed by atoms with Gasteiger partial charge in [-0.25, -0.2) is 0 Å². The summed E-state index contributed by atoms with van der Waals surface area (Å²) in [4.78, 5) is 11.3. The third kappa shape index (κ3) is 8.09. The smallest absolute Gasteiger partial charge is 0.266 e. The van der Waals surface area contributed by atoms with Gasteiger partial charge in [-0.2, -0.15) is 8.78 Å². The van der Waals surface area contributed by atoms with Crippen molar-refractivity contribution in [1.29, 1.82) is 0 Å². The number of Topliss-reactive ketones (excluding diaryl/α,β-unsaturated/α-hetero) is 1. The van der Waals surface area contributed by atoms with Gasteiger partial charge in [0.15, 0.2) is 0 Å². The van der Waals surface area contributed by atoms with Crippen LogP contribution >= 0.6 is 0 Å². The number of carbonyl (C=O) groups excluding carboxylic acids is 1. The van der Waals surface area contributed by atoms with E-state index in [-0.39, 0.29) is 6.10 Å². The Morgan fingerprint density at radius 3 is 2.34 bits per heavy atom. The highest BCUT2D eigenvalue weighted by atomic mass is 19.3. The Bertz CT molecular complexity index is 506. The second-order valence-corrected chi connectivity index (χ2v) is 9.42. The van der Waals surface area contributed by atoms with Gasteiger partial charge in [0.2, 0.25) is 0 Å². The van der Waals surface area contributed by atoms with Gasteiger partial charge < -0.3 is 9.47 Å². The van der Waals surface area contributed by atoms with Crippen LogP contribution in [0.4, 0.5) is 8.78 Å². The Morgan fingerprint density at radius 1 is 0.966 bits per heavy atom. The van der Waals surface area contributed by atoms with Crippen LogP contribution in [0.15, 0.2) is 12.2 Å². The van der Waals surface area contributed by atoms with Crippen molar-refractivity contribution in [3.05, 3.63) is 12.2 Å². The standard InChI is InChI=1S/C24H38F2O3/c25-24(26)5-1-3-18-6-10-20(11-7-18)23-15-14-22(17-29-23)28-16-2-4-19-8-12-21(27)13-9-19/h5,18-20,22-23H,1-4,6-17H2. The van der Waals surface area contributed by atoms with E-state index in [1.807, 2.05) is 0 Å². The molecule has 1 aliphatic heterocycles. The van der Waals surface area contributed by atoms with E-state index in [0.29, 0.717) is 42.7 Å². The lowest BCUT2D eigenvalue weighted by Gasteiger charge is -2.37. The third-order valence-electron chi connectivity index (χ3n) is 7.33. The second kappa shape index (κ2) is 12.1. The maximum absolute atomic E-state index is 12.1. The zero-order valence-electron chi connectivity index (χ0n) is 17.8. The fourth-order valence-electron chi connectivity index (χ4n) is 5.44. The van der Waals surface area contributed by atoms with Crippen LogP contribution in [0.5, 0.6) is 0 Å². The van der Waals surface area contributed by atoms with Crippen LogP contribution in [-0.2, 0) is 14.3 Å². The van der Waals surface area contributed by atoms with Gasteiger partial charge in [-0.05, 0) is 88.0 Å². The third-order valence-corrected chi connectivity index (χ3v) is 7.33. The van der Waals surface area contributed by atoms with E-state index >= 15 is 0 Å². The Balaban J connectivity index is 1.22. The van der Waals surface area contributed by atoms with Gasteiger partial charge in [-0.1, -0.05) is 12.8 Å². The van der Waals surface area contributed by atoms with Crippen LogP contribution in [0.2, 0.25) is 0 Å². The average molecular weight is 413 g/mol. The Kier molecular flexibility index (Phi) is 9.57. The van der Waals surface area contributed by atoms with Crippen LogP contribution < -0.4 is 0 Å². The molecule has 0 radical (unpaired) electrons. The van der Waals surface area contributed by atoms with Crippen molar-refractivity contribution in [1.82, 2.24) is 0 Å². The highest BCUT2D eigenvalue weighted by molar-refractivity contribution is 5.78. The monoisotopic (exact) mass is 412 g/mol. The molecular weight excluding hydrogens is 374 g/mol. The van der Waals surface area contributed by atoms with Crippen molar-refractivity contribution in [2.45, 2.75) is 102 Å². The predicted octanol–water partition coefficient (Wildman–Crippen LogP) is 6.46. The lowest BCUT2D eigenvalue weighted by molar-refractivity contribution is -0.121. The van der Waals surface area contributed by atoms with Gasteiger partial charge in [0.25, 0.3) is 6.08 Å². The molecule has 5 heteroatoms. The van der Waals surface area contributed by atoms with Crippen LogP contribution in [0.1, 0.15) is 89.9 Å². The van der Waals surface area contributed by atoms with Gasteiger partial charge in [0.1, 0.15) is 5.78 Å². The zero-order chi connectivity index (χ0) is 20.5. The van der Waals surface area contributed by atoms with E-state index in [2.05, 4.69) is 0 Å². The van der Waals surface area contributed by atoms with Crippen LogP contribution in [0.3, 0.4) is 0 Å². The summed E-state index contributed by atoms with van der Waals surface area (Å²) in [6.07, 6.45) is 14.3. The van der Waals surface area contributed by atoms with Crippen LogP contribution in [0, 0.1) is 17.8 Å². The summed E-state index contributed by atoms with van der Waals surface area (Å²) >= 11 is 0. The van der Waals surface area contributed by atoms with Gasteiger partial charge in [-0.3, -0.25) is 4.79 Å². The summed E-state index contributed by atoms with van der Waals surface area (Å²) in [6.45, 7) is 1.52. The molecule has 166 valence electrons. The summed E-state index contributed by atoms with van der Waals surface area (Å²) in [5.74, 6) is 2.38. The number of halogens is 2. The minimum Gasteiger partial charge on any atom is -0.376 e. The molecule has 0 N–H and O–H groups in total. The summed E-state index contributed by atoms with van der Waals surface area (Å²) < 4.78 is 36.5. The molecule has 2 aliphatic carbocycles. The van der Waals surface area contributed by atoms with E-state index < -0.39 is 6.08 Å². The van der Waals surface area contributed by atoms with E-state index in [0.717, 1.165) is 76.9 Å². The zero-order valence-corrected chi connectivity index (χ0v) is 17.8. The van der Waals surface area contributed by atoms with Crippen molar-refractivity contribution >= 4 is 5.78 Å². The number of carbonyl (C=O) groups is 1. The Hall–Kier alpha value is -0.810. The molecule has 29 heavy (non-hydrogen) atoms. The summed E-state index contributed by atoms with van der Waals surface area (Å²) in [5, 5.41) is 0. The number of rotatable bonds is 9. The molecule has 1 saturated heterocycles. The number of ether oxygens (including phenoxy) is 2. The molecule has 3 nitrogen and oxygen atoms in total. The van der Waals surface area contributed by atoms with E-state index in [9.17, 15) is 13.6 Å². The maximum Gasteiger partial charge on any atom is 0.266 e. The topological polar surface area (TPSA) is 35.5 Å². The van der Waals surface area contributed by atoms with Gasteiger partial charge in [0, 0.05) is 19.4 Å². The average Bonchev–Trinajstić information content (AvgIpc) is 2.73. The maximum atomic E-state index is 12.1. The minimum absolute atomic E-state index is 0.234. The van der Waals surface area contributed by atoms with Gasteiger partial charge in [0.05, 0.1) is 18.8 Å². The molecule has 3 fully saturated rings. The fraction of sp³-hybridized carbons (Fsp3) is 0.875. The van der Waals surface area contributed by atoms with Gasteiger partial charge in [-0.15, -0.1) is 0 Å². The first-order valence-corrected chi connectivity index (χ1v) is 11.9. The molecule has 0 spiro atoms. The molecule has 1 heterocycles. The molecule has 2 unspecified atom stereocenters. The van der Waals surface area contributed by atoms with E-state index in [4.69, 9.17) is 9.47 Å². The lowest BCUT2D eigenvalue weighted by Crippen LogP contribution is -2.37. The largest absolute Gasteiger partial charge is 0.376 e. The lowest BCUT2D eigenvalue weighted by atomic mass is 9.76. The number of hydrogen-bond donors (Lipinski definition) is 0. The van der Waals surface area contributed by atoms with Crippen molar-refractivity contribution in [3.63, 3.8) is 0 Å². The number of ketones is 1. The van der Waals surface area contributed by atoms with E-state index in [1.165, 1.54) is 19.3 Å². The molecule has 2 atom stereocenters. The molecule has 3 aliphatic rings. The minimum atomic E-state index is -1.54. The number of allylic oxidation sites excluding steroid dienone is 1. The second-order valence-electron chi connectivity index (χ2n) is 9.42. The summed E-state index contributed by atoms with van der Waals surface area (Å²) in [6, 6.07) is 0. The summed E-state index contributed by atoms with van der Waals surface area (Å²) in [7, 11) is 0. The normalized spacial score (nSPS) is 31.6. The van der Waals surface area contributed by atoms with Crippen LogP contribution in [0.25, 0.3) is 0 Å². The van der Waals surface area contributed by atoms with Crippen molar-refractivity contribution in [3.8, 4) is 0 Å². The first-order chi connectivity index (χ1) is 14.1. The van der Waals surface area contributed by atoms with Gasteiger partial charge >= 0.3 is 0 Å². The molecule has 0 amide bonds. The van der Waals surface area contributed by atoms with Crippen molar-refractivity contribution in [2.24, 2.45) is 17.8 Å². The Morgan fingerprint density at radius 2 is 1.69 bits per heavy atom. The van der Waals surface area contributed by atoms with Crippen molar-refractivity contribution in [2.75, 3.05) is 13.2 Å². The molecular formula is C24H38F2O3. The van der Waals surface area contributed by atoms with Crippen molar-refractivity contribution < 1.29 is 23.0 Å². The summed E-state index contributed by atoms with van der Waals surface area (Å²) in [5.41, 5.74) is 0. The van der Waals surface area contributed by atoms with E-state index in [1.54, 1.807) is 0 Å². The molecule has 0 aromatic carbocycles. The quantitative estimate of drug-likeness (QED) is 0.408. The highest BCUT2D eigenvalue weighted by Gasteiger charge is 2.31. The number of hydrogen-bond acceptors (Lipinski definition) is 3. The SMILES string of the molecule is O=C1CCC(CCCOC2CCC(C3CCC(CCC=C(F)F)CC3)OC2)CC1. The Labute approximate surface area is 174 Å². The molecule has 3 rings (SSSR count).